The Labute approximate surface area is 69.3 Å². The summed E-state index contributed by atoms with van der Waals surface area (Å²) >= 11 is 0. The second kappa shape index (κ2) is 4.17. The molecule has 0 heteroatoms. The summed E-state index contributed by atoms with van der Waals surface area (Å²) in [4.78, 5) is 0. The fourth-order valence-electron chi connectivity index (χ4n) is 1.17. The van der Waals surface area contributed by atoms with Gasteiger partial charge in [-0.25, -0.2) is 0 Å². The van der Waals surface area contributed by atoms with Crippen molar-refractivity contribution in [3.05, 3.63) is 36.5 Å². The van der Waals surface area contributed by atoms with Crippen molar-refractivity contribution in [2.24, 2.45) is 11.8 Å². The normalized spacial score (nSPS) is 32.5. The lowest BCUT2D eigenvalue weighted by Crippen LogP contribution is -2.01. The fourth-order valence-corrected chi connectivity index (χ4v) is 1.17. The van der Waals surface area contributed by atoms with Crippen molar-refractivity contribution in [3.63, 3.8) is 0 Å². The first kappa shape index (κ1) is 8.32. The minimum atomic E-state index is 0.625. The van der Waals surface area contributed by atoms with Gasteiger partial charge >= 0.3 is 0 Å². The lowest BCUT2D eigenvalue weighted by Gasteiger charge is -2.12. The number of allylic oxidation sites excluding steroid dienone is 6. The minimum absolute atomic E-state index is 0.625. The van der Waals surface area contributed by atoms with Crippen LogP contribution < -0.4 is 0 Å². The van der Waals surface area contributed by atoms with Crippen LogP contribution in [0.4, 0.5) is 0 Å². The van der Waals surface area contributed by atoms with Gasteiger partial charge in [0, 0.05) is 0 Å². The highest BCUT2D eigenvalue weighted by atomic mass is 14.1. The Hall–Kier alpha value is -0.780. The van der Waals surface area contributed by atoms with Crippen LogP contribution in [0.15, 0.2) is 36.5 Å². The van der Waals surface area contributed by atoms with E-state index in [-0.39, 0.29) is 0 Å². The number of hydrogen-bond acceptors (Lipinski definition) is 0. The highest BCUT2D eigenvalue weighted by Gasteiger charge is 2.04. The smallest absolute Gasteiger partial charge is 0.00272 e. The lowest BCUT2D eigenvalue weighted by molar-refractivity contribution is 0.549. The predicted molar refractivity (Wildman–Crippen MR) is 50.4 cm³/mol. The first-order chi connectivity index (χ1) is 5.30. The van der Waals surface area contributed by atoms with Crippen LogP contribution in [0.5, 0.6) is 0 Å². The van der Waals surface area contributed by atoms with Crippen molar-refractivity contribution >= 4 is 0 Å². The molecule has 1 rings (SSSR count). The molecule has 0 saturated heterocycles. The van der Waals surface area contributed by atoms with Gasteiger partial charge in [-0.2, -0.15) is 0 Å². The van der Waals surface area contributed by atoms with E-state index in [1.54, 1.807) is 0 Å². The van der Waals surface area contributed by atoms with Gasteiger partial charge in [-0.3, -0.25) is 0 Å². The first-order valence-electron chi connectivity index (χ1n) is 4.30. The molecule has 1 aliphatic rings. The van der Waals surface area contributed by atoms with Crippen LogP contribution in [-0.2, 0) is 0 Å². The summed E-state index contributed by atoms with van der Waals surface area (Å²) in [7, 11) is 0. The van der Waals surface area contributed by atoms with Crippen LogP contribution in [0, 0.1) is 11.8 Å². The first-order valence-corrected chi connectivity index (χ1v) is 4.30. The third-order valence-corrected chi connectivity index (χ3v) is 1.98. The van der Waals surface area contributed by atoms with E-state index >= 15 is 0 Å². The van der Waals surface area contributed by atoms with Crippen LogP contribution in [0.1, 0.15) is 20.3 Å². The molecule has 1 aliphatic carbocycles. The van der Waals surface area contributed by atoms with Crippen LogP contribution >= 0.6 is 0 Å². The molecule has 0 radical (unpaired) electrons. The zero-order valence-electron chi connectivity index (χ0n) is 7.33. The molecule has 0 saturated carbocycles. The maximum absolute atomic E-state index is 2.30. The summed E-state index contributed by atoms with van der Waals surface area (Å²) in [5.74, 6) is 1.34. The molecule has 0 bridgehead atoms. The number of hydrogen-bond donors (Lipinski definition) is 0. The van der Waals surface area contributed by atoms with Gasteiger partial charge in [0.25, 0.3) is 0 Å². The Kier molecular flexibility index (Phi) is 3.15. The van der Waals surface area contributed by atoms with Gasteiger partial charge < -0.3 is 0 Å². The van der Waals surface area contributed by atoms with Gasteiger partial charge in [0.05, 0.1) is 0 Å². The van der Waals surface area contributed by atoms with E-state index in [1.807, 2.05) is 0 Å². The molecule has 0 aromatic heterocycles. The Balaban J connectivity index is 2.65. The monoisotopic (exact) mass is 148 g/mol. The molecule has 0 fully saturated rings. The van der Waals surface area contributed by atoms with E-state index in [9.17, 15) is 0 Å². The molecule has 0 heterocycles. The van der Waals surface area contributed by atoms with E-state index in [0.717, 1.165) is 6.42 Å². The Morgan fingerprint density at radius 1 is 1.09 bits per heavy atom. The van der Waals surface area contributed by atoms with E-state index in [2.05, 4.69) is 50.3 Å². The van der Waals surface area contributed by atoms with Gasteiger partial charge in [-0.05, 0) is 18.3 Å². The highest BCUT2D eigenvalue weighted by Crippen LogP contribution is 2.15. The molecule has 0 amide bonds. The Morgan fingerprint density at radius 3 is 2.64 bits per heavy atom. The molecular weight excluding hydrogens is 132 g/mol. The van der Waals surface area contributed by atoms with Crippen LogP contribution in [0.2, 0.25) is 0 Å². The summed E-state index contributed by atoms with van der Waals surface area (Å²) in [5.41, 5.74) is 0. The Morgan fingerprint density at radius 2 is 1.91 bits per heavy atom. The zero-order valence-corrected chi connectivity index (χ0v) is 7.33. The molecule has 0 spiro atoms. The molecule has 0 aliphatic heterocycles. The van der Waals surface area contributed by atoms with Crippen molar-refractivity contribution in [2.45, 2.75) is 20.3 Å². The predicted octanol–water partition coefficient (Wildman–Crippen LogP) is 3.33. The van der Waals surface area contributed by atoms with Gasteiger partial charge in [0.2, 0.25) is 0 Å². The average Bonchev–Trinajstić information content (AvgIpc) is 1.84. The van der Waals surface area contributed by atoms with Gasteiger partial charge in [-0.1, -0.05) is 50.3 Å². The Bertz CT molecular complexity index is 182. The largest absolute Gasteiger partial charge is 0.0841 e. The maximum atomic E-state index is 2.30. The molecule has 0 nitrogen and oxygen atoms in total. The third-order valence-electron chi connectivity index (χ3n) is 1.98. The summed E-state index contributed by atoms with van der Waals surface area (Å²) in [6, 6.07) is 0. The zero-order chi connectivity index (χ0) is 8.10. The van der Waals surface area contributed by atoms with Crippen molar-refractivity contribution in [3.8, 4) is 0 Å². The van der Waals surface area contributed by atoms with Crippen molar-refractivity contribution < 1.29 is 0 Å². The number of rotatable bonds is 1. The van der Waals surface area contributed by atoms with E-state index < -0.39 is 0 Å². The molecule has 0 N–H and O–H groups in total. The van der Waals surface area contributed by atoms with E-state index in [0.29, 0.717) is 11.8 Å². The second-order valence-corrected chi connectivity index (χ2v) is 3.30. The fraction of sp³-hybridized carbons (Fsp3) is 0.455. The SMILES string of the molecule is CC(C)C1/C=C\C=C/C/C=C\1. The average molecular weight is 148 g/mol. The molecule has 60 valence electrons. The van der Waals surface area contributed by atoms with Crippen LogP contribution in [0.3, 0.4) is 0 Å². The summed E-state index contributed by atoms with van der Waals surface area (Å²) in [6.07, 6.45) is 14.3. The third kappa shape index (κ3) is 2.75. The van der Waals surface area contributed by atoms with E-state index in [4.69, 9.17) is 0 Å². The molecule has 0 aromatic rings. The molecule has 0 aromatic carbocycles. The standard InChI is InChI=1S/C11H16/c1-10(2)11-8-6-4-3-5-7-9-11/h3-4,6-11H,5H2,1-2H3/b4-3-,8-6-,9-7-. The molecule has 11 heavy (non-hydrogen) atoms. The van der Waals surface area contributed by atoms with Crippen molar-refractivity contribution in [2.75, 3.05) is 0 Å². The molecular formula is C11H16. The van der Waals surface area contributed by atoms with Gasteiger partial charge in [0.15, 0.2) is 0 Å². The topological polar surface area (TPSA) is 0 Å². The van der Waals surface area contributed by atoms with Crippen molar-refractivity contribution in [1.29, 1.82) is 0 Å². The highest BCUT2D eigenvalue weighted by molar-refractivity contribution is 5.13. The summed E-state index contributed by atoms with van der Waals surface area (Å²) in [6.45, 7) is 4.51. The molecule has 1 unspecified atom stereocenters. The quantitative estimate of drug-likeness (QED) is 0.500. The van der Waals surface area contributed by atoms with Gasteiger partial charge in [-0.15, -0.1) is 0 Å². The summed E-state index contributed by atoms with van der Waals surface area (Å²) < 4.78 is 0. The van der Waals surface area contributed by atoms with Crippen LogP contribution in [-0.4, -0.2) is 0 Å². The summed E-state index contributed by atoms with van der Waals surface area (Å²) in [5, 5.41) is 0. The van der Waals surface area contributed by atoms with Crippen molar-refractivity contribution in [1.82, 2.24) is 0 Å². The molecule has 1 atom stereocenters. The minimum Gasteiger partial charge on any atom is -0.0841 e. The second-order valence-electron chi connectivity index (χ2n) is 3.30. The van der Waals surface area contributed by atoms with Crippen LogP contribution in [0.25, 0.3) is 0 Å². The van der Waals surface area contributed by atoms with E-state index in [1.165, 1.54) is 0 Å². The lowest BCUT2D eigenvalue weighted by atomic mass is 9.94. The van der Waals surface area contributed by atoms with Gasteiger partial charge in [0.1, 0.15) is 0 Å². The maximum Gasteiger partial charge on any atom is -0.00272 e.